The van der Waals surface area contributed by atoms with Crippen LogP contribution in [0.5, 0.6) is 0 Å². The molecule has 1 amide bonds. The van der Waals surface area contributed by atoms with Gasteiger partial charge in [0.05, 0.1) is 11.4 Å². The van der Waals surface area contributed by atoms with Gasteiger partial charge >= 0.3 is 0 Å². The maximum atomic E-state index is 12.7. The molecule has 2 unspecified atom stereocenters. The SMILES string of the molecule is CCn1nc(C)c(N)c1C(=O)N1CC(C)C(N(C)C)C1. The third kappa shape index (κ3) is 2.40. The quantitative estimate of drug-likeness (QED) is 0.889. The van der Waals surface area contributed by atoms with Crippen LogP contribution in [0.1, 0.15) is 30.0 Å². The summed E-state index contributed by atoms with van der Waals surface area (Å²) < 4.78 is 1.71. The molecule has 2 atom stereocenters. The number of hydrogen-bond acceptors (Lipinski definition) is 4. The Labute approximate surface area is 120 Å². The van der Waals surface area contributed by atoms with Crippen LogP contribution in [0.4, 0.5) is 5.69 Å². The second-order valence-electron chi connectivity index (χ2n) is 5.88. The highest BCUT2D eigenvalue weighted by atomic mass is 16.2. The van der Waals surface area contributed by atoms with Crippen LogP contribution in [0.2, 0.25) is 0 Å². The molecule has 1 aromatic heterocycles. The molecule has 1 aliphatic rings. The number of amides is 1. The van der Waals surface area contributed by atoms with Gasteiger partial charge in [0, 0.05) is 25.7 Å². The maximum Gasteiger partial charge on any atom is 0.274 e. The van der Waals surface area contributed by atoms with Crippen molar-refractivity contribution in [2.45, 2.75) is 33.4 Å². The molecule has 2 rings (SSSR count). The van der Waals surface area contributed by atoms with Crippen molar-refractivity contribution in [1.29, 1.82) is 0 Å². The molecule has 1 aliphatic heterocycles. The largest absolute Gasteiger partial charge is 0.395 e. The summed E-state index contributed by atoms with van der Waals surface area (Å²) in [6.45, 7) is 8.17. The van der Waals surface area contributed by atoms with Crippen molar-refractivity contribution < 1.29 is 4.79 Å². The molecule has 20 heavy (non-hydrogen) atoms. The first kappa shape index (κ1) is 14.8. The van der Waals surface area contributed by atoms with E-state index >= 15 is 0 Å². The lowest BCUT2D eigenvalue weighted by Gasteiger charge is -2.22. The van der Waals surface area contributed by atoms with Crippen LogP contribution in [0.25, 0.3) is 0 Å². The van der Waals surface area contributed by atoms with Gasteiger partial charge in [-0.25, -0.2) is 0 Å². The number of nitrogens with two attached hydrogens (primary N) is 1. The minimum atomic E-state index is 0.00106. The molecule has 0 spiro atoms. The van der Waals surface area contributed by atoms with Crippen molar-refractivity contribution in [2.24, 2.45) is 5.92 Å². The Bertz CT molecular complexity index is 508. The lowest BCUT2D eigenvalue weighted by atomic mass is 10.1. The normalized spacial score (nSPS) is 22.8. The lowest BCUT2D eigenvalue weighted by Crippen LogP contribution is -2.36. The molecule has 1 saturated heterocycles. The van der Waals surface area contributed by atoms with Crippen molar-refractivity contribution in [3.8, 4) is 0 Å². The van der Waals surface area contributed by atoms with E-state index in [1.807, 2.05) is 18.7 Å². The number of carbonyl (C=O) groups excluding carboxylic acids is 1. The third-order valence-electron chi connectivity index (χ3n) is 4.20. The van der Waals surface area contributed by atoms with Gasteiger partial charge in [-0.3, -0.25) is 9.48 Å². The van der Waals surface area contributed by atoms with Gasteiger partial charge in [-0.2, -0.15) is 5.10 Å². The zero-order chi connectivity index (χ0) is 15.0. The highest BCUT2D eigenvalue weighted by molar-refractivity contribution is 5.98. The molecule has 0 bridgehead atoms. The Balaban J connectivity index is 2.25. The summed E-state index contributed by atoms with van der Waals surface area (Å²) in [6.07, 6.45) is 0. The zero-order valence-electron chi connectivity index (χ0n) is 13.1. The van der Waals surface area contributed by atoms with E-state index in [0.717, 1.165) is 18.8 Å². The van der Waals surface area contributed by atoms with Crippen molar-refractivity contribution in [2.75, 3.05) is 32.9 Å². The van der Waals surface area contributed by atoms with E-state index in [2.05, 4.69) is 31.0 Å². The van der Waals surface area contributed by atoms with Crippen molar-refractivity contribution in [1.82, 2.24) is 19.6 Å². The molecular formula is C14H25N5O. The molecule has 6 heteroatoms. The number of nitrogen functional groups attached to an aromatic ring is 1. The number of hydrogen-bond donors (Lipinski definition) is 1. The van der Waals surface area contributed by atoms with E-state index in [1.54, 1.807) is 4.68 Å². The molecule has 0 radical (unpaired) electrons. The van der Waals surface area contributed by atoms with Crippen LogP contribution in [-0.4, -0.2) is 58.7 Å². The van der Waals surface area contributed by atoms with Gasteiger partial charge in [-0.15, -0.1) is 0 Å². The van der Waals surface area contributed by atoms with E-state index in [1.165, 1.54) is 0 Å². The van der Waals surface area contributed by atoms with Crippen LogP contribution >= 0.6 is 0 Å². The Morgan fingerprint density at radius 3 is 2.60 bits per heavy atom. The Morgan fingerprint density at radius 1 is 1.45 bits per heavy atom. The first-order chi connectivity index (χ1) is 9.36. The Hall–Kier alpha value is -1.56. The standard InChI is InChI=1S/C14H25N5O/c1-6-19-13(12(15)10(3)16-19)14(20)18-7-9(2)11(8-18)17(4)5/h9,11H,6-8,15H2,1-5H3. The molecule has 1 aromatic rings. The summed E-state index contributed by atoms with van der Waals surface area (Å²) >= 11 is 0. The molecule has 0 saturated carbocycles. The molecular weight excluding hydrogens is 254 g/mol. The van der Waals surface area contributed by atoms with Gasteiger partial charge in [0.2, 0.25) is 0 Å². The first-order valence-electron chi connectivity index (χ1n) is 7.15. The van der Waals surface area contributed by atoms with E-state index in [9.17, 15) is 4.79 Å². The molecule has 1 fully saturated rings. The number of anilines is 1. The summed E-state index contributed by atoms with van der Waals surface area (Å²) in [5.74, 6) is 0.468. The molecule has 112 valence electrons. The summed E-state index contributed by atoms with van der Waals surface area (Å²) in [7, 11) is 4.12. The van der Waals surface area contributed by atoms with Crippen molar-refractivity contribution in [3.63, 3.8) is 0 Å². The number of rotatable bonds is 3. The van der Waals surface area contributed by atoms with Gasteiger partial charge in [-0.1, -0.05) is 6.92 Å². The van der Waals surface area contributed by atoms with Crippen LogP contribution in [0.3, 0.4) is 0 Å². The average Bonchev–Trinajstić information content (AvgIpc) is 2.91. The number of nitrogens with zero attached hydrogens (tertiary/aromatic N) is 4. The monoisotopic (exact) mass is 279 g/mol. The second-order valence-corrected chi connectivity index (χ2v) is 5.88. The molecule has 6 nitrogen and oxygen atoms in total. The topological polar surface area (TPSA) is 67.4 Å². The number of likely N-dealkylation sites (N-methyl/N-ethyl adjacent to an activating group) is 1. The minimum Gasteiger partial charge on any atom is -0.395 e. The van der Waals surface area contributed by atoms with Crippen LogP contribution < -0.4 is 5.73 Å². The number of aromatic nitrogens is 2. The minimum absolute atomic E-state index is 0.00106. The first-order valence-corrected chi connectivity index (χ1v) is 7.15. The van der Waals surface area contributed by atoms with Gasteiger partial charge in [0.15, 0.2) is 0 Å². The van der Waals surface area contributed by atoms with E-state index < -0.39 is 0 Å². The second kappa shape index (κ2) is 5.44. The van der Waals surface area contributed by atoms with E-state index in [-0.39, 0.29) is 5.91 Å². The van der Waals surface area contributed by atoms with Gasteiger partial charge in [0.1, 0.15) is 5.69 Å². The summed E-state index contributed by atoms with van der Waals surface area (Å²) in [5, 5.41) is 4.33. The van der Waals surface area contributed by atoms with Gasteiger partial charge in [0.25, 0.3) is 5.91 Å². The predicted molar refractivity (Wildman–Crippen MR) is 79.6 cm³/mol. The molecule has 0 aliphatic carbocycles. The average molecular weight is 279 g/mol. The van der Waals surface area contributed by atoms with Gasteiger partial charge in [-0.05, 0) is 33.9 Å². The summed E-state index contributed by atoms with van der Waals surface area (Å²) in [4.78, 5) is 16.8. The fourth-order valence-electron chi connectivity index (χ4n) is 2.99. The molecule has 0 aromatic carbocycles. The van der Waals surface area contributed by atoms with E-state index in [4.69, 9.17) is 5.73 Å². The van der Waals surface area contributed by atoms with Crippen LogP contribution in [0.15, 0.2) is 0 Å². The predicted octanol–water partition coefficient (Wildman–Crippen LogP) is 0.816. The fourth-order valence-corrected chi connectivity index (χ4v) is 2.99. The number of likely N-dealkylation sites (tertiary alicyclic amines) is 1. The smallest absolute Gasteiger partial charge is 0.274 e. The Kier molecular flexibility index (Phi) is 4.04. The molecule has 2 N–H and O–H groups in total. The van der Waals surface area contributed by atoms with E-state index in [0.29, 0.717) is 29.9 Å². The maximum absolute atomic E-state index is 12.7. The van der Waals surface area contributed by atoms with Crippen molar-refractivity contribution >= 4 is 11.6 Å². The lowest BCUT2D eigenvalue weighted by molar-refractivity contribution is 0.0770. The third-order valence-corrected chi connectivity index (χ3v) is 4.20. The molecule has 2 heterocycles. The zero-order valence-corrected chi connectivity index (χ0v) is 13.1. The summed E-state index contributed by atoms with van der Waals surface area (Å²) in [6, 6.07) is 0.402. The van der Waals surface area contributed by atoms with Gasteiger partial charge < -0.3 is 15.5 Å². The highest BCUT2D eigenvalue weighted by Crippen LogP contribution is 2.25. The number of carbonyl (C=O) groups is 1. The van der Waals surface area contributed by atoms with Crippen LogP contribution in [-0.2, 0) is 6.54 Å². The van der Waals surface area contributed by atoms with Crippen LogP contribution in [0, 0.1) is 12.8 Å². The number of aryl methyl sites for hydroxylation is 2. The highest BCUT2D eigenvalue weighted by Gasteiger charge is 2.35. The summed E-state index contributed by atoms with van der Waals surface area (Å²) in [5.41, 5.74) is 7.81. The fraction of sp³-hybridized carbons (Fsp3) is 0.714. The Morgan fingerprint density at radius 2 is 2.10 bits per heavy atom. The van der Waals surface area contributed by atoms with Crippen molar-refractivity contribution in [3.05, 3.63) is 11.4 Å².